The van der Waals surface area contributed by atoms with Crippen molar-refractivity contribution in [2.24, 2.45) is 0 Å². The summed E-state index contributed by atoms with van der Waals surface area (Å²) in [6.45, 7) is -0.224. The minimum atomic E-state index is -0.620. The topological polar surface area (TPSA) is 57.1 Å². The molecule has 4 aromatic rings. The molecule has 0 saturated heterocycles. The van der Waals surface area contributed by atoms with E-state index in [0.717, 1.165) is 22.8 Å². The molecule has 0 radical (unpaired) electrons. The van der Waals surface area contributed by atoms with Gasteiger partial charge in [-0.15, -0.1) is 11.3 Å². The van der Waals surface area contributed by atoms with E-state index in [1.807, 2.05) is 0 Å². The van der Waals surface area contributed by atoms with Crippen LogP contribution in [0.25, 0.3) is 10.2 Å². The standard InChI is InChI=1S/C18H12F2N2O3S/c19-12-3-4-14(20)11(8-12)9-21-15-5-7-26-16(15)17(23)22(18(21)24)10-13-2-1-6-25-13/h1-8H,9-10H2. The van der Waals surface area contributed by atoms with E-state index in [1.165, 1.54) is 22.2 Å². The third kappa shape index (κ3) is 2.78. The maximum Gasteiger partial charge on any atom is 0.332 e. The first-order chi connectivity index (χ1) is 12.5. The molecule has 1 aromatic carbocycles. The van der Waals surface area contributed by atoms with Gasteiger partial charge in [-0.05, 0) is 41.8 Å². The number of fused-ring (bicyclic) bond motifs is 1. The maximum atomic E-state index is 14.0. The number of thiophene rings is 1. The third-order valence-corrected chi connectivity index (χ3v) is 4.96. The Bertz CT molecular complexity index is 1210. The Hall–Kier alpha value is -3.00. The second-order valence-corrected chi connectivity index (χ2v) is 6.63. The number of halogens is 2. The number of rotatable bonds is 4. The van der Waals surface area contributed by atoms with Crippen LogP contribution in [0.5, 0.6) is 0 Å². The number of aromatic nitrogens is 2. The molecule has 0 aliphatic rings. The first-order valence-corrected chi connectivity index (χ1v) is 8.59. The Kier molecular flexibility index (Phi) is 4.04. The van der Waals surface area contributed by atoms with Crippen molar-refractivity contribution in [2.45, 2.75) is 13.1 Å². The van der Waals surface area contributed by atoms with Gasteiger partial charge in [0.1, 0.15) is 22.1 Å². The molecule has 0 unspecified atom stereocenters. The van der Waals surface area contributed by atoms with Gasteiger partial charge in [-0.25, -0.2) is 13.6 Å². The Balaban J connectivity index is 1.91. The number of nitrogens with zero attached hydrogens (tertiary/aromatic N) is 2. The molecule has 0 amide bonds. The predicted octanol–water partition coefficient (Wildman–Crippen LogP) is 3.19. The summed E-state index contributed by atoms with van der Waals surface area (Å²) in [5, 5.41) is 1.68. The SMILES string of the molecule is O=c1c2sccc2n(Cc2cc(F)ccc2F)c(=O)n1Cc1ccco1. The van der Waals surface area contributed by atoms with Crippen LogP contribution in [0, 0.1) is 11.6 Å². The monoisotopic (exact) mass is 374 g/mol. The van der Waals surface area contributed by atoms with Crippen molar-refractivity contribution in [3.63, 3.8) is 0 Å². The van der Waals surface area contributed by atoms with E-state index in [2.05, 4.69) is 0 Å². The van der Waals surface area contributed by atoms with Crippen LogP contribution >= 0.6 is 11.3 Å². The van der Waals surface area contributed by atoms with E-state index in [0.29, 0.717) is 16.0 Å². The van der Waals surface area contributed by atoms with Crippen LogP contribution in [0.4, 0.5) is 8.78 Å². The maximum absolute atomic E-state index is 14.0. The van der Waals surface area contributed by atoms with Crippen molar-refractivity contribution in [1.29, 1.82) is 0 Å². The average molecular weight is 374 g/mol. The Morgan fingerprint density at radius 3 is 2.65 bits per heavy atom. The van der Waals surface area contributed by atoms with Gasteiger partial charge < -0.3 is 4.42 Å². The summed E-state index contributed by atoms with van der Waals surface area (Å²) in [6.07, 6.45) is 1.45. The molecule has 3 aromatic heterocycles. The minimum Gasteiger partial charge on any atom is -0.467 e. The summed E-state index contributed by atoms with van der Waals surface area (Å²) in [4.78, 5) is 25.5. The molecule has 0 N–H and O–H groups in total. The fraction of sp³-hybridized carbons (Fsp3) is 0.111. The molecule has 132 valence electrons. The van der Waals surface area contributed by atoms with Crippen molar-refractivity contribution in [2.75, 3.05) is 0 Å². The Morgan fingerprint density at radius 2 is 1.88 bits per heavy atom. The molecule has 5 nitrogen and oxygen atoms in total. The number of furan rings is 1. The molecular weight excluding hydrogens is 362 g/mol. The highest BCUT2D eigenvalue weighted by atomic mass is 32.1. The molecule has 4 rings (SSSR count). The molecule has 0 spiro atoms. The van der Waals surface area contributed by atoms with Crippen LogP contribution in [0.1, 0.15) is 11.3 Å². The van der Waals surface area contributed by atoms with Gasteiger partial charge in [-0.1, -0.05) is 0 Å². The zero-order valence-corrected chi connectivity index (χ0v) is 14.1. The van der Waals surface area contributed by atoms with E-state index in [1.54, 1.807) is 23.6 Å². The molecular formula is C18H12F2N2O3S. The van der Waals surface area contributed by atoms with E-state index in [4.69, 9.17) is 4.42 Å². The molecule has 3 heterocycles. The number of hydrogen-bond donors (Lipinski definition) is 0. The lowest BCUT2D eigenvalue weighted by Crippen LogP contribution is -2.40. The third-order valence-electron chi connectivity index (χ3n) is 4.07. The van der Waals surface area contributed by atoms with Crippen LogP contribution in [0.15, 0.2) is 62.0 Å². The zero-order valence-electron chi connectivity index (χ0n) is 13.3. The summed E-state index contributed by atoms with van der Waals surface area (Å²) in [7, 11) is 0. The van der Waals surface area contributed by atoms with Crippen LogP contribution in [-0.2, 0) is 13.1 Å². The van der Waals surface area contributed by atoms with Crippen LogP contribution in [0.3, 0.4) is 0 Å². The van der Waals surface area contributed by atoms with Gasteiger partial charge in [0.2, 0.25) is 0 Å². The van der Waals surface area contributed by atoms with E-state index in [9.17, 15) is 18.4 Å². The van der Waals surface area contributed by atoms with Gasteiger partial charge in [0.05, 0.1) is 24.9 Å². The number of benzene rings is 1. The second kappa shape index (κ2) is 6.38. The molecule has 0 bridgehead atoms. The van der Waals surface area contributed by atoms with E-state index in [-0.39, 0.29) is 18.7 Å². The van der Waals surface area contributed by atoms with Gasteiger partial charge in [0.25, 0.3) is 5.56 Å². The smallest absolute Gasteiger partial charge is 0.332 e. The quantitative estimate of drug-likeness (QED) is 0.551. The lowest BCUT2D eigenvalue weighted by Gasteiger charge is -2.12. The average Bonchev–Trinajstić information content (AvgIpc) is 3.30. The van der Waals surface area contributed by atoms with Crippen molar-refractivity contribution in [1.82, 2.24) is 9.13 Å². The largest absolute Gasteiger partial charge is 0.467 e. The van der Waals surface area contributed by atoms with Crippen molar-refractivity contribution >= 4 is 21.6 Å². The normalized spacial score (nSPS) is 11.3. The van der Waals surface area contributed by atoms with Crippen molar-refractivity contribution in [3.05, 3.63) is 91.8 Å². The van der Waals surface area contributed by atoms with Gasteiger partial charge in [0, 0.05) is 5.56 Å². The van der Waals surface area contributed by atoms with Gasteiger partial charge in [0.15, 0.2) is 0 Å². The molecule has 0 saturated carbocycles. The van der Waals surface area contributed by atoms with Crippen LogP contribution in [0.2, 0.25) is 0 Å². The highest BCUT2D eigenvalue weighted by molar-refractivity contribution is 7.17. The summed E-state index contributed by atoms with van der Waals surface area (Å²) < 4.78 is 35.4. The molecule has 0 fully saturated rings. The highest BCUT2D eigenvalue weighted by Crippen LogP contribution is 2.18. The summed E-state index contributed by atoms with van der Waals surface area (Å²) in [6, 6.07) is 8.00. The van der Waals surface area contributed by atoms with Gasteiger partial charge >= 0.3 is 5.69 Å². The molecule has 0 aliphatic heterocycles. The Labute approximate surface area is 149 Å². The molecule has 8 heteroatoms. The molecule has 0 atom stereocenters. The van der Waals surface area contributed by atoms with Crippen molar-refractivity contribution in [3.8, 4) is 0 Å². The van der Waals surface area contributed by atoms with Gasteiger partial charge in [-0.3, -0.25) is 13.9 Å². The van der Waals surface area contributed by atoms with Gasteiger partial charge in [-0.2, -0.15) is 0 Å². The van der Waals surface area contributed by atoms with Crippen molar-refractivity contribution < 1.29 is 13.2 Å². The lowest BCUT2D eigenvalue weighted by molar-refractivity contribution is 0.478. The van der Waals surface area contributed by atoms with Crippen LogP contribution in [-0.4, -0.2) is 9.13 Å². The molecule has 0 aliphatic carbocycles. The summed E-state index contributed by atoms with van der Waals surface area (Å²) >= 11 is 1.19. The lowest BCUT2D eigenvalue weighted by atomic mass is 10.2. The summed E-state index contributed by atoms with van der Waals surface area (Å²) in [5.74, 6) is -0.769. The molecule has 26 heavy (non-hydrogen) atoms. The van der Waals surface area contributed by atoms with E-state index >= 15 is 0 Å². The predicted molar refractivity (Wildman–Crippen MR) is 93.6 cm³/mol. The Morgan fingerprint density at radius 1 is 1.04 bits per heavy atom. The number of hydrogen-bond acceptors (Lipinski definition) is 4. The fourth-order valence-electron chi connectivity index (χ4n) is 2.82. The second-order valence-electron chi connectivity index (χ2n) is 5.71. The van der Waals surface area contributed by atoms with E-state index < -0.39 is 22.9 Å². The summed E-state index contributed by atoms with van der Waals surface area (Å²) in [5.41, 5.74) is -0.625. The first kappa shape index (κ1) is 16.5. The first-order valence-electron chi connectivity index (χ1n) is 7.72. The van der Waals surface area contributed by atoms with Crippen LogP contribution < -0.4 is 11.2 Å². The fourth-order valence-corrected chi connectivity index (χ4v) is 3.66. The highest BCUT2D eigenvalue weighted by Gasteiger charge is 2.17. The zero-order chi connectivity index (χ0) is 18.3. The minimum absolute atomic E-state index is 0.0304.